The molecule has 2 aromatic heterocycles. The second-order valence-corrected chi connectivity index (χ2v) is 11.7. The Balaban J connectivity index is 1.37. The van der Waals surface area contributed by atoms with E-state index >= 15 is 0 Å². The topological polar surface area (TPSA) is 39.9 Å². The zero-order chi connectivity index (χ0) is 28.5. The van der Waals surface area contributed by atoms with Crippen LogP contribution in [-0.4, -0.2) is 14.5 Å². The van der Waals surface area contributed by atoms with Crippen molar-refractivity contribution >= 4 is 54.3 Å². The van der Waals surface area contributed by atoms with E-state index in [0.717, 1.165) is 44.7 Å². The van der Waals surface area contributed by atoms with E-state index in [0.29, 0.717) is 5.95 Å². The lowest BCUT2D eigenvalue weighted by molar-refractivity contribution is 0.486. The number of nitrogens with zero attached hydrogens (tertiary/aromatic N) is 3. The third kappa shape index (κ3) is 2.69. The van der Waals surface area contributed by atoms with Gasteiger partial charge in [0.2, 0.25) is 5.95 Å². The predicted molar refractivity (Wildman–Crippen MR) is 179 cm³/mol. The van der Waals surface area contributed by atoms with Crippen molar-refractivity contribution in [1.29, 1.82) is 0 Å². The molecule has 9 aromatic rings. The summed E-state index contributed by atoms with van der Waals surface area (Å²) in [7, 11) is 0. The first-order valence-electron chi connectivity index (χ1n) is 14.9. The van der Waals surface area contributed by atoms with Gasteiger partial charge in [-0.25, -0.2) is 9.97 Å². The van der Waals surface area contributed by atoms with Gasteiger partial charge in [0, 0.05) is 21.7 Å². The summed E-state index contributed by atoms with van der Waals surface area (Å²) in [6, 6.07) is 45.2. The second kappa shape index (κ2) is 7.88. The summed E-state index contributed by atoms with van der Waals surface area (Å²) < 4.78 is 8.60. The fourth-order valence-electron chi connectivity index (χ4n) is 7.74. The summed E-state index contributed by atoms with van der Waals surface area (Å²) in [5.41, 5.74) is 10.1. The smallest absolute Gasteiger partial charge is 0.235 e. The third-order valence-electron chi connectivity index (χ3n) is 9.52. The summed E-state index contributed by atoms with van der Waals surface area (Å²) >= 11 is 0. The highest BCUT2D eigenvalue weighted by molar-refractivity contribution is 6.31. The minimum atomic E-state index is 0.660. The van der Waals surface area contributed by atoms with Gasteiger partial charge in [0.15, 0.2) is 0 Å². The molecule has 11 rings (SSSR count). The van der Waals surface area contributed by atoms with Gasteiger partial charge in [0.05, 0.1) is 27.6 Å². The van der Waals surface area contributed by atoms with Crippen LogP contribution in [-0.2, 0) is 0 Å². The van der Waals surface area contributed by atoms with Crippen LogP contribution < -0.4 is 4.74 Å². The first-order valence-corrected chi connectivity index (χ1v) is 14.9. The maximum Gasteiger partial charge on any atom is 0.235 e. The molecule has 0 unspecified atom stereocenters. The van der Waals surface area contributed by atoms with Crippen LogP contribution in [0.4, 0.5) is 0 Å². The Hall–Kier alpha value is -6.00. The van der Waals surface area contributed by atoms with Gasteiger partial charge in [-0.2, -0.15) is 0 Å². The van der Waals surface area contributed by atoms with Crippen LogP contribution in [0.1, 0.15) is 0 Å². The summed E-state index contributed by atoms with van der Waals surface area (Å²) in [5.74, 6) is 2.26. The molecule has 0 N–H and O–H groups in total. The van der Waals surface area contributed by atoms with Gasteiger partial charge in [-0.1, -0.05) is 91.0 Å². The van der Waals surface area contributed by atoms with Crippen molar-refractivity contribution in [2.75, 3.05) is 0 Å². The molecule has 1 aliphatic carbocycles. The second-order valence-electron chi connectivity index (χ2n) is 11.7. The Morgan fingerprint density at radius 2 is 1.20 bits per heavy atom. The quantitative estimate of drug-likeness (QED) is 0.201. The molecular weight excluding hydrogens is 538 g/mol. The van der Waals surface area contributed by atoms with Crippen molar-refractivity contribution in [3.05, 3.63) is 127 Å². The standard InChI is InChI=1S/C40H21N3O/c1-2-10-23-22(9-1)19-20-32-36(23)30-21-29-25-12-4-3-11-24(25)26-14-7-15-28(35(26)29)39(30)43(32)40-41-31-16-8-18-34-37(31)38(42-40)27-13-5-6-17-33(27)44-34/h1-21H. The van der Waals surface area contributed by atoms with Gasteiger partial charge in [0.1, 0.15) is 11.5 Å². The average Bonchev–Trinajstić information content (AvgIpc) is 3.59. The fraction of sp³-hybridized carbons (Fsp3) is 0. The normalized spacial score (nSPS) is 12.7. The number of rotatable bonds is 1. The molecule has 3 heterocycles. The van der Waals surface area contributed by atoms with Crippen molar-refractivity contribution in [2.45, 2.75) is 0 Å². The molecule has 0 atom stereocenters. The average molecular weight is 560 g/mol. The van der Waals surface area contributed by atoms with Crippen LogP contribution in [0.25, 0.3) is 93.7 Å². The molecule has 0 bridgehead atoms. The van der Waals surface area contributed by atoms with Crippen molar-refractivity contribution in [3.63, 3.8) is 0 Å². The van der Waals surface area contributed by atoms with Gasteiger partial charge in [-0.3, -0.25) is 4.57 Å². The largest absolute Gasteiger partial charge is 0.456 e. The molecule has 4 nitrogen and oxygen atoms in total. The SMILES string of the molecule is c1ccc2c(c1)Oc1cccc3nc(-n4c5ccc6ccccc6c5c5cc6c7c(cccc7c54)-c4ccccc4-6)nc-2c13. The van der Waals surface area contributed by atoms with E-state index < -0.39 is 0 Å². The van der Waals surface area contributed by atoms with Gasteiger partial charge in [-0.05, 0) is 74.8 Å². The van der Waals surface area contributed by atoms with E-state index in [2.05, 4.69) is 102 Å². The molecule has 0 saturated heterocycles. The van der Waals surface area contributed by atoms with E-state index in [1.807, 2.05) is 30.3 Å². The Bertz CT molecular complexity index is 2750. The van der Waals surface area contributed by atoms with Crippen LogP contribution in [0.2, 0.25) is 0 Å². The monoisotopic (exact) mass is 559 g/mol. The van der Waals surface area contributed by atoms with Gasteiger partial charge >= 0.3 is 0 Å². The van der Waals surface area contributed by atoms with Crippen LogP contribution in [0.15, 0.2) is 127 Å². The highest BCUT2D eigenvalue weighted by Gasteiger charge is 2.28. The maximum atomic E-state index is 6.30. The first kappa shape index (κ1) is 22.6. The highest BCUT2D eigenvalue weighted by Crippen LogP contribution is 2.52. The van der Waals surface area contributed by atoms with Gasteiger partial charge in [-0.15, -0.1) is 0 Å². The van der Waals surface area contributed by atoms with Crippen molar-refractivity contribution in [1.82, 2.24) is 14.5 Å². The minimum Gasteiger partial charge on any atom is -0.456 e. The van der Waals surface area contributed by atoms with E-state index in [9.17, 15) is 0 Å². The lowest BCUT2D eigenvalue weighted by Crippen LogP contribution is -2.06. The highest BCUT2D eigenvalue weighted by atomic mass is 16.5. The van der Waals surface area contributed by atoms with E-state index in [1.54, 1.807) is 0 Å². The maximum absolute atomic E-state index is 6.30. The van der Waals surface area contributed by atoms with Crippen LogP contribution in [0.3, 0.4) is 0 Å². The number of benzene rings is 7. The lowest BCUT2D eigenvalue weighted by atomic mass is 9.97. The van der Waals surface area contributed by atoms with Crippen LogP contribution in [0, 0.1) is 0 Å². The number of fused-ring (bicyclic) bond motifs is 11. The molecule has 4 heteroatoms. The minimum absolute atomic E-state index is 0.660. The van der Waals surface area contributed by atoms with Gasteiger partial charge in [0.25, 0.3) is 0 Å². The third-order valence-corrected chi connectivity index (χ3v) is 9.52. The molecule has 0 fully saturated rings. The number of aromatic nitrogens is 3. The molecule has 0 saturated carbocycles. The van der Waals surface area contributed by atoms with Crippen molar-refractivity contribution < 1.29 is 4.74 Å². The molecular formula is C40H21N3O. The Labute approximate surface area is 251 Å². The summed E-state index contributed by atoms with van der Waals surface area (Å²) in [6.07, 6.45) is 0. The number of hydrogen-bond donors (Lipinski definition) is 0. The van der Waals surface area contributed by atoms with Crippen molar-refractivity contribution in [2.24, 2.45) is 0 Å². The Morgan fingerprint density at radius 1 is 0.477 bits per heavy atom. The molecule has 0 radical (unpaired) electrons. The van der Waals surface area contributed by atoms with E-state index in [1.165, 1.54) is 54.6 Å². The molecule has 0 amide bonds. The summed E-state index contributed by atoms with van der Waals surface area (Å²) in [5, 5.41) is 8.33. The molecule has 7 aromatic carbocycles. The lowest BCUT2D eigenvalue weighted by Gasteiger charge is -2.21. The van der Waals surface area contributed by atoms with Crippen molar-refractivity contribution in [3.8, 4) is 51.0 Å². The predicted octanol–water partition coefficient (Wildman–Crippen LogP) is 10.5. The first-order chi connectivity index (χ1) is 21.8. The number of para-hydroxylation sites is 1. The zero-order valence-electron chi connectivity index (χ0n) is 23.4. The molecule has 1 aliphatic heterocycles. The summed E-state index contributed by atoms with van der Waals surface area (Å²) in [6.45, 7) is 0. The fourth-order valence-corrected chi connectivity index (χ4v) is 7.74. The van der Waals surface area contributed by atoms with Crippen LogP contribution in [0.5, 0.6) is 11.5 Å². The Morgan fingerprint density at radius 3 is 2.14 bits per heavy atom. The number of hydrogen-bond acceptors (Lipinski definition) is 3. The summed E-state index contributed by atoms with van der Waals surface area (Å²) in [4.78, 5) is 10.6. The molecule has 0 spiro atoms. The molecule has 202 valence electrons. The van der Waals surface area contributed by atoms with E-state index in [-0.39, 0.29) is 0 Å². The Kier molecular flexibility index (Phi) is 4.04. The zero-order valence-corrected chi connectivity index (χ0v) is 23.4. The number of ether oxygens (including phenoxy) is 1. The molecule has 44 heavy (non-hydrogen) atoms. The molecule has 2 aliphatic rings. The van der Waals surface area contributed by atoms with E-state index in [4.69, 9.17) is 14.7 Å². The van der Waals surface area contributed by atoms with Crippen LogP contribution >= 0.6 is 0 Å². The van der Waals surface area contributed by atoms with Gasteiger partial charge < -0.3 is 4.74 Å².